The van der Waals surface area contributed by atoms with Gasteiger partial charge in [0.25, 0.3) is 11.0 Å². The third kappa shape index (κ3) is 1760. The Morgan fingerprint density at radius 2 is 1.40 bits per heavy atom. The Hall–Kier alpha value is -0.0900. The minimum absolute atomic E-state index is 0. The van der Waals surface area contributed by atoms with Crippen molar-refractivity contribution in [3.05, 3.63) is 7.43 Å². The summed E-state index contributed by atoms with van der Waals surface area (Å²) >= 11 is 0. The minimum Gasteiger partial charge on any atom is -0.288 e. The van der Waals surface area contributed by atoms with Gasteiger partial charge in [0.15, 0.2) is 0 Å². The van der Waals surface area contributed by atoms with E-state index in [1.54, 1.807) is 0 Å². The van der Waals surface area contributed by atoms with Gasteiger partial charge >= 0.3 is 0 Å². The lowest BCUT2D eigenvalue weighted by Crippen LogP contribution is -1.58. The van der Waals surface area contributed by atoms with E-state index in [9.17, 15) is 0 Å². The summed E-state index contributed by atoms with van der Waals surface area (Å²) in [6.45, 7) is 0. The number of hydrogen-bond donors (Lipinski definition) is 2. The molecule has 0 amide bonds. The van der Waals surface area contributed by atoms with Crippen LogP contribution in [0.25, 0.3) is 0 Å². The van der Waals surface area contributed by atoms with E-state index in [4.69, 9.17) is 13.0 Å². The molecule has 3 nitrogen and oxygen atoms in total. The number of rotatable bonds is 0. The third-order valence-electron chi connectivity index (χ3n) is 0. The fourth-order valence-corrected chi connectivity index (χ4v) is 0. The van der Waals surface area contributed by atoms with Gasteiger partial charge in [0.05, 0.1) is 0 Å². The fraction of sp³-hybridized carbons (Fsp3) is 0. The van der Waals surface area contributed by atoms with Gasteiger partial charge in [0.2, 0.25) is 0 Å². The molecule has 0 atom stereocenters. The van der Waals surface area contributed by atoms with Gasteiger partial charge in [-0.2, -0.15) is 0 Å². The molecule has 4 heteroatoms. The summed E-state index contributed by atoms with van der Waals surface area (Å²) in [6.07, 6.45) is 0. The molecule has 0 aromatic rings. The van der Waals surface area contributed by atoms with Gasteiger partial charge in [-0.1, -0.05) is 7.43 Å². The first kappa shape index (κ1) is 8.86. The predicted molar refractivity (Wildman–Crippen MR) is 19.4 cm³/mol. The van der Waals surface area contributed by atoms with Crippen LogP contribution in [0.2, 0.25) is 0 Å². The Morgan fingerprint density at radius 3 is 1.40 bits per heavy atom. The molecule has 0 saturated heterocycles. The topological polar surface area (TPSA) is 54.4 Å². The summed E-state index contributed by atoms with van der Waals surface area (Å²) in [7, 11) is -3.12. The van der Waals surface area contributed by atoms with Crippen LogP contribution in [0.1, 0.15) is 0 Å². The second kappa shape index (κ2) is 3.91. The smallest absolute Gasteiger partial charge is 0.254 e. The average molecular weight is 97.1 g/mol. The largest absolute Gasteiger partial charge is 0.288 e. The fourth-order valence-electron chi connectivity index (χ4n) is 0. The van der Waals surface area contributed by atoms with Crippen molar-refractivity contribution in [2.75, 3.05) is 0 Å². The van der Waals surface area contributed by atoms with Crippen molar-refractivity contribution in [1.29, 1.82) is 0 Å². The summed E-state index contributed by atoms with van der Waals surface area (Å²) in [6, 6.07) is 0. The van der Waals surface area contributed by atoms with Gasteiger partial charge in [-0.05, 0) is 0 Å². The summed E-state index contributed by atoms with van der Waals surface area (Å²) in [5.74, 6) is 0. The highest BCUT2D eigenvalue weighted by Crippen LogP contribution is 1.27. The van der Waals surface area contributed by atoms with Gasteiger partial charge in [0.1, 0.15) is 0 Å². The van der Waals surface area contributed by atoms with Gasteiger partial charge in [0, 0.05) is 0 Å². The van der Waals surface area contributed by atoms with Crippen LogP contribution >= 0.6 is 0 Å². The van der Waals surface area contributed by atoms with E-state index >= 15 is 0 Å². The van der Waals surface area contributed by atoms with Crippen molar-refractivity contribution in [3.8, 4) is 0 Å². The van der Waals surface area contributed by atoms with Gasteiger partial charge in [-0.3, -0.25) is 4.55 Å². The summed E-state index contributed by atoms with van der Waals surface area (Å²) in [5, 5.41) is 0. The molecule has 0 unspecified atom stereocenters. The molecular formula is CH5O3S. The molecule has 1 N–H and O–H groups in total. The molecule has 0 rings (SSSR count). The summed E-state index contributed by atoms with van der Waals surface area (Å²) in [4.78, 5) is 0. The lowest BCUT2D eigenvalue weighted by atomic mass is 12.0. The molecule has 33 valence electrons. The van der Waals surface area contributed by atoms with Crippen molar-refractivity contribution in [3.63, 3.8) is 0 Å². The first-order chi connectivity index (χ1) is 1.73. The Kier molecular flexibility index (Phi) is 6.93. The van der Waals surface area contributed by atoms with E-state index < -0.39 is 11.0 Å². The van der Waals surface area contributed by atoms with Crippen LogP contribution in [0.5, 0.6) is 0 Å². The van der Waals surface area contributed by atoms with Crippen molar-refractivity contribution in [1.82, 2.24) is 0 Å². The zero-order valence-corrected chi connectivity index (χ0v) is 3.61. The monoisotopic (exact) mass is 97.0 g/mol. The molecule has 0 saturated carbocycles. The Balaban J connectivity index is 0. The van der Waals surface area contributed by atoms with Crippen molar-refractivity contribution >= 4 is 11.0 Å². The summed E-state index contributed by atoms with van der Waals surface area (Å²) < 4.78 is 24.2. The van der Waals surface area contributed by atoms with Crippen LogP contribution in [0.3, 0.4) is 0 Å². The van der Waals surface area contributed by atoms with Crippen molar-refractivity contribution < 1.29 is 13.0 Å². The minimum atomic E-state index is -3.12. The Bertz CT molecular complexity index is 55.3. The van der Waals surface area contributed by atoms with Crippen LogP contribution < -0.4 is 0 Å². The highest BCUT2D eigenvalue weighted by Gasteiger charge is 1.44. The van der Waals surface area contributed by atoms with E-state index in [-0.39, 0.29) is 7.43 Å². The molecular weight excluding hydrogens is 92.1 g/mol. The Morgan fingerprint density at radius 1 is 1.40 bits per heavy atom. The van der Waals surface area contributed by atoms with E-state index in [2.05, 4.69) is 0 Å². The van der Waals surface area contributed by atoms with Crippen molar-refractivity contribution in [2.24, 2.45) is 0 Å². The zero-order chi connectivity index (χ0) is 3.58. The zero-order valence-electron chi connectivity index (χ0n) is 2.71. The predicted octanol–water partition coefficient (Wildman–Crippen LogP) is -0.479. The summed E-state index contributed by atoms with van der Waals surface area (Å²) in [5.41, 5.74) is 0. The SMILES string of the molecule is O=[SH](=O)O.[CH3]. The molecule has 0 aliphatic carbocycles. The Labute approximate surface area is 32.4 Å². The molecule has 0 aromatic heterocycles. The standard InChI is InChI=1S/CH3.H2O3S/c;1-4(2)3/h1H3;4H,(H,1,2,3). The lowest BCUT2D eigenvalue weighted by molar-refractivity contribution is 0.509. The van der Waals surface area contributed by atoms with Gasteiger partial charge in [-0.25, -0.2) is 8.42 Å². The maximum Gasteiger partial charge on any atom is 0.254 e. The van der Waals surface area contributed by atoms with Crippen LogP contribution in [0.4, 0.5) is 0 Å². The molecule has 5 heavy (non-hydrogen) atoms. The number of hydrogen-bond acceptors (Lipinski definition) is 2. The molecule has 0 bridgehead atoms. The molecule has 0 fully saturated rings. The van der Waals surface area contributed by atoms with Crippen LogP contribution in [-0.2, 0) is 11.0 Å². The van der Waals surface area contributed by atoms with Gasteiger partial charge in [-0.15, -0.1) is 0 Å². The maximum absolute atomic E-state index is 8.59. The van der Waals surface area contributed by atoms with Crippen LogP contribution in [-0.4, -0.2) is 13.0 Å². The van der Waals surface area contributed by atoms with E-state index in [0.717, 1.165) is 0 Å². The quantitative estimate of drug-likeness (QED) is 0.317. The van der Waals surface area contributed by atoms with Crippen molar-refractivity contribution in [2.45, 2.75) is 0 Å². The van der Waals surface area contributed by atoms with Crippen LogP contribution in [0, 0.1) is 7.43 Å². The van der Waals surface area contributed by atoms with E-state index in [0.29, 0.717) is 0 Å². The highest BCUT2D eigenvalue weighted by molar-refractivity contribution is 7.66. The van der Waals surface area contributed by atoms with Gasteiger partial charge < -0.3 is 0 Å². The van der Waals surface area contributed by atoms with E-state index in [1.807, 2.05) is 0 Å². The third-order valence-corrected chi connectivity index (χ3v) is 0. The molecule has 1 radical (unpaired) electrons. The molecule has 0 heterocycles. The molecule has 0 spiro atoms. The molecule has 0 aromatic carbocycles. The normalized spacial score (nSPS) is 6.80. The first-order valence-corrected chi connectivity index (χ1v) is 1.70. The second-order valence-corrected chi connectivity index (χ2v) is 0.714. The highest BCUT2D eigenvalue weighted by atomic mass is 32.2. The second-order valence-electron chi connectivity index (χ2n) is 0.238. The first-order valence-electron chi connectivity index (χ1n) is 0.565. The van der Waals surface area contributed by atoms with Crippen LogP contribution in [0.15, 0.2) is 0 Å². The molecule has 0 aliphatic rings. The average Bonchev–Trinajstić information content (AvgIpc) is 0.811. The maximum atomic E-state index is 8.59. The lowest BCUT2D eigenvalue weighted by Gasteiger charge is -1.43. The molecule has 0 aliphatic heterocycles. The number of thiol groups is 1. The van der Waals surface area contributed by atoms with E-state index in [1.165, 1.54) is 0 Å².